The van der Waals surface area contributed by atoms with E-state index in [0.717, 1.165) is 23.2 Å². The molecule has 1 aliphatic carbocycles. The lowest BCUT2D eigenvalue weighted by Gasteiger charge is -2.49. The Labute approximate surface area is 122 Å². The molecule has 4 heteroatoms. The fraction of sp³-hybridized carbons (Fsp3) is 0.571. The van der Waals surface area contributed by atoms with E-state index in [4.69, 9.17) is 16.3 Å². The number of hydrogen-bond donors (Lipinski definition) is 1. The first-order chi connectivity index (χ1) is 8.50. The molecule has 0 saturated heterocycles. The van der Waals surface area contributed by atoms with Gasteiger partial charge in [0.2, 0.25) is 0 Å². The van der Waals surface area contributed by atoms with Gasteiger partial charge in [-0.2, -0.15) is 0 Å². The minimum Gasteiger partial charge on any atom is -0.492 e. The van der Waals surface area contributed by atoms with Gasteiger partial charge in [-0.15, -0.1) is 11.6 Å². The van der Waals surface area contributed by atoms with Gasteiger partial charge >= 0.3 is 0 Å². The van der Waals surface area contributed by atoms with Crippen LogP contribution in [0.15, 0.2) is 28.7 Å². The largest absolute Gasteiger partial charge is 0.492 e. The monoisotopic (exact) mass is 331 g/mol. The van der Waals surface area contributed by atoms with Crippen LogP contribution in [0, 0.1) is 5.41 Å². The summed E-state index contributed by atoms with van der Waals surface area (Å²) in [5.74, 6) is 0.897. The highest BCUT2D eigenvalue weighted by Crippen LogP contribution is 2.44. The average Bonchev–Trinajstić information content (AvgIpc) is 2.33. The lowest BCUT2D eigenvalue weighted by Crippen LogP contribution is -2.58. The van der Waals surface area contributed by atoms with Crippen molar-refractivity contribution >= 4 is 27.5 Å². The van der Waals surface area contributed by atoms with E-state index >= 15 is 0 Å². The summed E-state index contributed by atoms with van der Waals surface area (Å²) < 4.78 is 6.72. The van der Waals surface area contributed by atoms with E-state index in [1.807, 2.05) is 24.3 Å². The number of halogens is 2. The third kappa shape index (κ3) is 3.19. The van der Waals surface area contributed by atoms with Crippen molar-refractivity contribution in [1.82, 2.24) is 5.32 Å². The fourth-order valence-electron chi connectivity index (χ4n) is 2.18. The van der Waals surface area contributed by atoms with Crippen LogP contribution in [-0.2, 0) is 0 Å². The van der Waals surface area contributed by atoms with Crippen molar-refractivity contribution < 1.29 is 4.74 Å². The summed E-state index contributed by atoms with van der Waals surface area (Å²) in [7, 11) is 0. The lowest BCUT2D eigenvalue weighted by atomic mass is 9.67. The van der Waals surface area contributed by atoms with Crippen LogP contribution in [0.5, 0.6) is 5.75 Å². The molecule has 1 N–H and O–H groups in total. The van der Waals surface area contributed by atoms with Gasteiger partial charge in [0, 0.05) is 22.4 Å². The second kappa shape index (κ2) is 5.81. The van der Waals surface area contributed by atoms with Gasteiger partial charge in [0.05, 0.1) is 0 Å². The number of alkyl halides is 1. The van der Waals surface area contributed by atoms with Crippen LogP contribution in [0.3, 0.4) is 0 Å². The predicted octanol–water partition coefficient (Wildman–Crippen LogP) is 3.82. The van der Waals surface area contributed by atoms with Crippen LogP contribution in [-0.4, -0.2) is 24.6 Å². The van der Waals surface area contributed by atoms with Crippen LogP contribution in [0.1, 0.15) is 20.3 Å². The van der Waals surface area contributed by atoms with Gasteiger partial charge in [-0.1, -0.05) is 35.8 Å². The van der Waals surface area contributed by atoms with Gasteiger partial charge in [0.1, 0.15) is 12.4 Å². The molecule has 0 aromatic heterocycles. The first kappa shape index (κ1) is 14.2. The Balaban J connectivity index is 1.68. The topological polar surface area (TPSA) is 21.3 Å². The van der Waals surface area contributed by atoms with Crippen molar-refractivity contribution in [2.24, 2.45) is 5.41 Å². The fourth-order valence-corrected chi connectivity index (χ4v) is 2.89. The number of rotatable bonds is 5. The number of benzene rings is 1. The van der Waals surface area contributed by atoms with Gasteiger partial charge in [-0.25, -0.2) is 0 Å². The molecule has 0 amide bonds. The zero-order valence-electron chi connectivity index (χ0n) is 10.7. The third-order valence-electron chi connectivity index (χ3n) is 3.71. The zero-order chi connectivity index (χ0) is 13.2. The van der Waals surface area contributed by atoms with E-state index < -0.39 is 0 Å². The van der Waals surface area contributed by atoms with Crippen LogP contribution < -0.4 is 10.1 Å². The molecule has 1 saturated carbocycles. The molecule has 1 aromatic rings. The van der Waals surface area contributed by atoms with Gasteiger partial charge in [-0.3, -0.25) is 0 Å². The first-order valence-corrected chi connectivity index (χ1v) is 7.49. The summed E-state index contributed by atoms with van der Waals surface area (Å²) in [5, 5.41) is 3.80. The molecular weight excluding hydrogens is 314 g/mol. The van der Waals surface area contributed by atoms with Crippen molar-refractivity contribution in [2.75, 3.05) is 13.2 Å². The van der Waals surface area contributed by atoms with E-state index in [0.29, 0.717) is 18.0 Å². The molecule has 2 nitrogen and oxygen atoms in total. The third-order valence-corrected chi connectivity index (χ3v) is 4.94. The number of ether oxygens (including phenoxy) is 1. The standard InChI is InChI=1S/C14H19BrClNO/c1-14(2)12(16)9-13(14)17-6-7-18-11-5-3-4-10(15)8-11/h3-5,8,12-13,17H,6-7,9H2,1-2H3. The maximum atomic E-state index is 6.19. The van der Waals surface area contributed by atoms with Crippen molar-refractivity contribution in [1.29, 1.82) is 0 Å². The summed E-state index contributed by atoms with van der Waals surface area (Å²) in [4.78, 5) is 0. The van der Waals surface area contributed by atoms with E-state index in [1.54, 1.807) is 0 Å². The van der Waals surface area contributed by atoms with Crippen molar-refractivity contribution in [3.63, 3.8) is 0 Å². The average molecular weight is 333 g/mol. The van der Waals surface area contributed by atoms with Crippen LogP contribution in [0.2, 0.25) is 0 Å². The zero-order valence-corrected chi connectivity index (χ0v) is 13.1. The Hall–Kier alpha value is -0.250. The SMILES string of the molecule is CC1(C)C(Cl)CC1NCCOc1cccc(Br)c1. The number of hydrogen-bond acceptors (Lipinski definition) is 2. The summed E-state index contributed by atoms with van der Waals surface area (Å²) >= 11 is 9.61. The lowest BCUT2D eigenvalue weighted by molar-refractivity contribution is 0.112. The van der Waals surface area contributed by atoms with Gasteiger partial charge in [-0.05, 0) is 30.0 Å². The molecule has 2 unspecified atom stereocenters. The number of nitrogens with one attached hydrogen (secondary N) is 1. The Morgan fingerprint density at radius 1 is 1.50 bits per heavy atom. The molecule has 2 atom stereocenters. The summed E-state index contributed by atoms with van der Waals surface area (Å²) in [6, 6.07) is 8.41. The Morgan fingerprint density at radius 3 is 2.89 bits per heavy atom. The highest BCUT2D eigenvalue weighted by molar-refractivity contribution is 9.10. The van der Waals surface area contributed by atoms with Crippen LogP contribution in [0.25, 0.3) is 0 Å². The summed E-state index contributed by atoms with van der Waals surface area (Å²) in [5.41, 5.74) is 0.192. The molecule has 1 fully saturated rings. The molecule has 0 bridgehead atoms. The molecule has 100 valence electrons. The van der Waals surface area contributed by atoms with E-state index in [2.05, 4.69) is 35.1 Å². The molecule has 0 aliphatic heterocycles. The normalized spacial score (nSPS) is 25.6. The Kier molecular flexibility index (Phi) is 4.57. The molecule has 2 rings (SSSR count). The highest BCUT2D eigenvalue weighted by Gasteiger charge is 2.46. The first-order valence-electron chi connectivity index (χ1n) is 6.26. The summed E-state index contributed by atoms with van der Waals surface area (Å²) in [6.45, 7) is 5.95. The van der Waals surface area contributed by atoms with Crippen LogP contribution >= 0.6 is 27.5 Å². The Morgan fingerprint density at radius 2 is 2.28 bits per heavy atom. The van der Waals surface area contributed by atoms with E-state index in [-0.39, 0.29) is 5.41 Å². The maximum Gasteiger partial charge on any atom is 0.120 e. The molecule has 0 spiro atoms. The molecule has 0 radical (unpaired) electrons. The van der Waals surface area contributed by atoms with Crippen LogP contribution in [0.4, 0.5) is 0 Å². The van der Waals surface area contributed by atoms with E-state index in [1.165, 1.54) is 0 Å². The van der Waals surface area contributed by atoms with Crippen molar-refractivity contribution in [3.05, 3.63) is 28.7 Å². The molecular formula is C14H19BrClNO. The predicted molar refractivity (Wildman–Crippen MR) is 79.5 cm³/mol. The summed E-state index contributed by atoms with van der Waals surface area (Å²) in [6.07, 6.45) is 1.05. The maximum absolute atomic E-state index is 6.19. The van der Waals surface area contributed by atoms with Crippen molar-refractivity contribution in [3.8, 4) is 5.75 Å². The van der Waals surface area contributed by atoms with E-state index in [9.17, 15) is 0 Å². The second-order valence-corrected chi connectivity index (χ2v) is 6.78. The smallest absolute Gasteiger partial charge is 0.120 e. The minimum absolute atomic E-state index is 0.192. The van der Waals surface area contributed by atoms with Gasteiger partial charge < -0.3 is 10.1 Å². The Bertz CT molecular complexity index is 411. The molecule has 1 aliphatic rings. The van der Waals surface area contributed by atoms with Gasteiger partial charge in [0.15, 0.2) is 0 Å². The van der Waals surface area contributed by atoms with Crippen molar-refractivity contribution in [2.45, 2.75) is 31.7 Å². The molecule has 1 aromatic carbocycles. The second-order valence-electron chi connectivity index (χ2n) is 5.34. The quantitative estimate of drug-likeness (QED) is 0.654. The van der Waals surface area contributed by atoms with Gasteiger partial charge in [0.25, 0.3) is 0 Å². The molecule has 18 heavy (non-hydrogen) atoms. The molecule has 0 heterocycles. The highest BCUT2D eigenvalue weighted by atomic mass is 79.9. The minimum atomic E-state index is 0.192.